The van der Waals surface area contributed by atoms with Crippen molar-refractivity contribution in [2.45, 2.75) is 33.1 Å². The number of thiophene rings is 1. The van der Waals surface area contributed by atoms with Crippen LogP contribution in [0.25, 0.3) is 27.1 Å². The summed E-state index contributed by atoms with van der Waals surface area (Å²) >= 11 is 1.59. The molecule has 0 saturated carbocycles. The number of nitrogens with zero attached hydrogens (tertiary/aromatic N) is 5. The highest BCUT2D eigenvalue weighted by atomic mass is 32.1. The minimum atomic E-state index is 0.0875. The summed E-state index contributed by atoms with van der Waals surface area (Å²) in [6.07, 6.45) is 4.56. The first kappa shape index (κ1) is 21.5. The summed E-state index contributed by atoms with van der Waals surface area (Å²) < 4.78 is 2.98. The number of amides is 1. The molecule has 0 spiro atoms. The van der Waals surface area contributed by atoms with Crippen LogP contribution in [0.5, 0.6) is 0 Å². The zero-order valence-electron chi connectivity index (χ0n) is 19.1. The van der Waals surface area contributed by atoms with Crippen LogP contribution in [0.3, 0.4) is 0 Å². The average Bonchev–Trinajstić information content (AvgIpc) is 3.40. The number of hydrogen-bond donors (Lipinski definition) is 1. The highest BCUT2D eigenvalue weighted by molar-refractivity contribution is 7.21. The van der Waals surface area contributed by atoms with E-state index in [9.17, 15) is 4.79 Å². The summed E-state index contributed by atoms with van der Waals surface area (Å²) in [5.74, 6) is 0.402. The average molecular weight is 439 g/mol. The molecule has 164 valence electrons. The van der Waals surface area contributed by atoms with Gasteiger partial charge in [0.1, 0.15) is 6.33 Å². The number of aromatic nitrogens is 4. The standard InChI is InChI=1S/C23H30N6OS/c1-14(2)19-20(16-10-15(3)22-24-13-25-29(22)12-16)26-17-11-18(31-21(17)19)23(30)28(6)9-7-8-27(4)5/h10-14,26H,7-9H2,1-6H3. The molecule has 31 heavy (non-hydrogen) atoms. The van der Waals surface area contributed by atoms with E-state index >= 15 is 0 Å². The highest BCUT2D eigenvalue weighted by Gasteiger charge is 2.22. The van der Waals surface area contributed by atoms with Gasteiger partial charge in [-0.2, -0.15) is 5.10 Å². The number of aryl methyl sites for hydroxylation is 1. The molecule has 0 aliphatic rings. The van der Waals surface area contributed by atoms with Crippen molar-refractivity contribution in [1.29, 1.82) is 0 Å². The van der Waals surface area contributed by atoms with Gasteiger partial charge in [0.2, 0.25) is 0 Å². The van der Waals surface area contributed by atoms with E-state index in [0.717, 1.165) is 57.1 Å². The fourth-order valence-electron chi connectivity index (χ4n) is 4.03. The van der Waals surface area contributed by atoms with Gasteiger partial charge < -0.3 is 14.8 Å². The Balaban J connectivity index is 1.69. The SMILES string of the molecule is Cc1cc(-c2[nH]c3cc(C(=O)N(C)CCCN(C)C)sc3c2C(C)C)cn2ncnc12. The maximum absolute atomic E-state index is 13.0. The molecule has 4 heterocycles. The van der Waals surface area contributed by atoms with Crippen LogP contribution in [0.1, 0.15) is 47.0 Å². The van der Waals surface area contributed by atoms with Gasteiger partial charge in [-0.25, -0.2) is 9.50 Å². The number of pyridine rings is 1. The number of carbonyl (C=O) groups is 1. The Hall–Kier alpha value is -2.71. The first-order chi connectivity index (χ1) is 14.8. The summed E-state index contributed by atoms with van der Waals surface area (Å²) in [5, 5.41) is 4.31. The van der Waals surface area contributed by atoms with Crippen molar-refractivity contribution in [2.75, 3.05) is 34.2 Å². The summed E-state index contributed by atoms with van der Waals surface area (Å²) in [4.78, 5) is 25.6. The second-order valence-corrected chi connectivity index (χ2v) is 9.80. The maximum Gasteiger partial charge on any atom is 0.263 e. The lowest BCUT2D eigenvalue weighted by Gasteiger charge is -2.17. The van der Waals surface area contributed by atoms with Crippen molar-refractivity contribution in [3.05, 3.63) is 40.7 Å². The van der Waals surface area contributed by atoms with Gasteiger partial charge in [0, 0.05) is 25.4 Å². The largest absolute Gasteiger partial charge is 0.354 e. The minimum absolute atomic E-state index is 0.0875. The highest BCUT2D eigenvalue weighted by Crippen LogP contribution is 2.40. The second kappa shape index (κ2) is 8.43. The summed E-state index contributed by atoms with van der Waals surface area (Å²) in [7, 11) is 5.99. The number of carbonyl (C=O) groups excluding carboxylic acids is 1. The monoisotopic (exact) mass is 438 g/mol. The Morgan fingerprint density at radius 3 is 2.71 bits per heavy atom. The first-order valence-electron chi connectivity index (χ1n) is 10.6. The van der Waals surface area contributed by atoms with Crippen molar-refractivity contribution in [2.24, 2.45) is 0 Å². The van der Waals surface area contributed by atoms with Crippen LogP contribution in [-0.2, 0) is 0 Å². The van der Waals surface area contributed by atoms with Gasteiger partial charge in [0.25, 0.3) is 5.91 Å². The van der Waals surface area contributed by atoms with Gasteiger partial charge >= 0.3 is 0 Å². The molecule has 4 rings (SSSR count). The van der Waals surface area contributed by atoms with E-state index in [1.54, 1.807) is 17.7 Å². The van der Waals surface area contributed by atoms with Gasteiger partial charge in [-0.15, -0.1) is 11.3 Å². The van der Waals surface area contributed by atoms with E-state index < -0.39 is 0 Å². The molecule has 7 nitrogen and oxygen atoms in total. The normalized spacial score (nSPS) is 12.0. The predicted octanol–water partition coefficient (Wildman–Crippen LogP) is 4.39. The second-order valence-electron chi connectivity index (χ2n) is 8.75. The lowest BCUT2D eigenvalue weighted by atomic mass is 9.99. The molecule has 0 aliphatic carbocycles. The quantitative estimate of drug-likeness (QED) is 0.464. The first-order valence-corrected chi connectivity index (χ1v) is 11.4. The van der Waals surface area contributed by atoms with Gasteiger partial charge in [-0.1, -0.05) is 13.8 Å². The molecular formula is C23H30N6OS. The third kappa shape index (κ3) is 4.09. The molecule has 0 unspecified atom stereocenters. The van der Waals surface area contributed by atoms with Crippen LogP contribution in [0, 0.1) is 6.92 Å². The molecule has 0 saturated heterocycles. The van der Waals surface area contributed by atoms with E-state index in [4.69, 9.17) is 0 Å². The van der Waals surface area contributed by atoms with Gasteiger partial charge in [-0.05, 0) is 63.2 Å². The summed E-state index contributed by atoms with van der Waals surface area (Å²) in [6, 6.07) is 4.15. The molecule has 4 aromatic heterocycles. The van der Waals surface area contributed by atoms with Crippen molar-refractivity contribution in [1.82, 2.24) is 29.4 Å². The molecule has 0 radical (unpaired) electrons. The molecular weight excluding hydrogens is 408 g/mol. The lowest BCUT2D eigenvalue weighted by Crippen LogP contribution is -2.29. The Kier molecular flexibility index (Phi) is 5.85. The van der Waals surface area contributed by atoms with E-state index in [2.05, 4.69) is 60.9 Å². The van der Waals surface area contributed by atoms with Crippen LogP contribution >= 0.6 is 11.3 Å². The molecule has 0 atom stereocenters. The van der Waals surface area contributed by atoms with Crippen molar-refractivity contribution in [3.8, 4) is 11.3 Å². The Labute approximate surface area is 186 Å². The van der Waals surface area contributed by atoms with E-state index in [-0.39, 0.29) is 5.91 Å². The number of hydrogen-bond acceptors (Lipinski definition) is 5. The van der Waals surface area contributed by atoms with Crippen molar-refractivity contribution >= 4 is 33.1 Å². The molecule has 4 aromatic rings. The molecule has 8 heteroatoms. The molecule has 0 aliphatic heterocycles. The minimum Gasteiger partial charge on any atom is -0.354 e. The molecule has 0 bridgehead atoms. The number of aromatic amines is 1. The number of rotatable bonds is 7. The van der Waals surface area contributed by atoms with Crippen LogP contribution in [0.2, 0.25) is 0 Å². The van der Waals surface area contributed by atoms with Gasteiger partial charge in [0.05, 0.1) is 20.8 Å². The zero-order chi connectivity index (χ0) is 22.3. The van der Waals surface area contributed by atoms with E-state index in [1.807, 2.05) is 28.7 Å². The number of H-pyrrole nitrogens is 1. The smallest absolute Gasteiger partial charge is 0.263 e. The van der Waals surface area contributed by atoms with Gasteiger partial charge in [-0.3, -0.25) is 4.79 Å². The Morgan fingerprint density at radius 2 is 2.00 bits per heavy atom. The predicted molar refractivity (Wildman–Crippen MR) is 127 cm³/mol. The molecule has 0 fully saturated rings. The van der Waals surface area contributed by atoms with Crippen LogP contribution in [0.4, 0.5) is 0 Å². The van der Waals surface area contributed by atoms with Crippen LogP contribution in [0.15, 0.2) is 24.7 Å². The number of fused-ring (bicyclic) bond motifs is 2. The Morgan fingerprint density at radius 1 is 1.23 bits per heavy atom. The van der Waals surface area contributed by atoms with Gasteiger partial charge in [0.15, 0.2) is 5.65 Å². The fraction of sp³-hybridized carbons (Fsp3) is 0.435. The molecule has 1 N–H and O–H groups in total. The molecule has 0 aromatic carbocycles. The third-order valence-corrected chi connectivity index (χ3v) is 6.74. The summed E-state index contributed by atoms with van der Waals surface area (Å²) in [6.45, 7) is 8.17. The zero-order valence-corrected chi connectivity index (χ0v) is 19.9. The Bertz CT molecular complexity index is 1230. The van der Waals surface area contributed by atoms with Crippen molar-refractivity contribution in [3.63, 3.8) is 0 Å². The van der Waals surface area contributed by atoms with Crippen LogP contribution < -0.4 is 0 Å². The number of nitrogens with one attached hydrogen (secondary N) is 1. The lowest BCUT2D eigenvalue weighted by molar-refractivity contribution is 0.0795. The van der Waals surface area contributed by atoms with E-state index in [0.29, 0.717) is 5.92 Å². The topological polar surface area (TPSA) is 69.5 Å². The van der Waals surface area contributed by atoms with Crippen LogP contribution in [-0.4, -0.2) is 69.5 Å². The fourth-order valence-corrected chi connectivity index (χ4v) is 5.34. The maximum atomic E-state index is 13.0. The van der Waals surface area contributed by atoms with E-state index in [1.165, 1.54) is 5.56 Å². The molecule has 1 amide bonds. The third-order valence-electron chi connectivity index (χ3n) is 5.59. The summed E-state index contributed by atoms with van der Waals surface area (Å²) in [5.41, 5.74) is 6.39. The van der Waals surface area contributed by atoms with Crippen molar-refractivity contribution < 1.29 is 4.79 Å².